The van der Waals surface area contributed by atoms with Gasteiger partial charge in [0.05, 0.1) is 17.2 Å². The van der Waals surface area contributed by atoms with E-state index in [1.54, 1.807) is 13.0 Å². The number of rotatable bonds is 7. The summed E-state index contributed by atoms with van der Waals surface area (Å²) in [7, 11) is 0. The molecule has 0 radical (unpaired) electrons. The lowest BCUT2D eigenvalue weighted by molar-refractivity contribution is -0.383. The van der Waals surface area contributed by atoms with Crippen molar-refractivity contribution in [3.63, 3.8) is 0 Å². The molecule has 21 heavy (non-hydrogen) atoms. The molecule has 0 atom stereocenters. The molecule has 2 rings (SSSR count). The fraction of sp³-hybridized carbons (Fsp3) is 0.417. The Morgan fingerprint density at radius 2 is 2.05 bits per heavy atom. The van der Waals surface area contributed by atoms with Gasteiger partial charge in [-0.15, -0.1) is 0 Å². The van der Waals surface area contributed by atoms with Crippen molar-refractivity contribution in [2.75, 3.05) is 17.2 Å². The van der Waals surface area contributed by atoms with Gasteiger partial charge in [-0.25, -0.2) is 9.97 Å². The van der Waals surface area contributed by atoms with Crippen molar-refractivity contribution in [2.45, 2.75) is 26.8 Å². The molecule has 0 spiro atoms. The highest BCUT2D eigenvalue weighted by molar-refractivity contribution is 5.69. The zero-order valence-corrected chi connectivity index (χ0v) is 11.8. The van der Waals surface area contributed by atoms with Crippen molar-refractivity contribution < 1.29 is 9.45 Å². The van der Waals surface area contributed by atoms with E-state index in [1.807, 2.05) is 6.92 Å². The molecule has 2 heterocycles. The maximum absolute atomic E-state index is 11.2. The zero-order chi connectivity index (χ0) is 15.2. The molecule has 0 unspecified atom stereocenters. The first-order valence-electron chi connectivity index (χ1n) is 6.51. The Kier molecular flexibility index (Phi) is 4.64. The highest BCUT2D eigenvalue weighted by atomic mass is 16.6. The van der Waals surface area contributed by atoms with Crippen LogP contribution in [0.25, 0.3) is 0 Å². The average Bonchev–Trinajstić information content (AvgIpc) is 2.88. The van der Waals surface area contributed by atoms with Gasteiger partial charge in [0.15, 0.2) is 5.76 Å². The Balaban J connectivity index is 2.19. The summed E-state index contributed by atoms with van der Waals surface area (Å²) < 4.78 is 5.04. The average molecular weight is 292 g/mol. The normalized spacial score (nSPS) is 10.4. The van der Waals surface area contributed by atoms with Gasteiger partial charge in [-0.05, 0) is 13.3 Å². The maximum Gasteiger partial charge on any atom is 0.353 e. The minimum absolute atomic E-state index is 0.141. The fourth-order valence-corrected chi connectivity index (χ4v) is 1.72. The predicted octanol–water partition coefficient (Wildman–Crippen LogP) is 2.12. The lowest BCUT2D eigenvalue weighted by atomic mass is 10.3. The lowest BCUT2D eigenvalue weighted by Gasteiger charge is -2.08. The first-order valence-corrected chi connectivity index (χ1v) is 6.51. The van der Waals surface area contributed by atoms with E-state index in [9.17, 15) is 10.1 Å². The van der Waals surface area contributed by atoms with E-state index in [4.69, 9.17) is 4.52 Å². The maximum atomic E-state index is 11.2. The Labute approximate surface area is 120 Å². The van der Waals surface area contributed by atoms with E-state index in [1.165, 1.54) is 6.33 Å². The van der Waals surface area contributed by atoms with Gasteiger partial charge in [0.25, 0.3) is 0 Å². The van der Waals surface area contributed by atoms with Crippen molar-refractivity contribution in [1.82, 2.24) is 15.1 Å². The predicted molar refractivity (Wildman–Crippen MR) is 76.0 cm³/mol. The van der Waals surface area contributed by atoms with Gasteiger partial charge in [0.2, 0.25) is 11.6 Å². The van der Waals surface area contributed by atoms with Gasteiger partial charge in [-0.1, -0.05) is 12.1 Å². The van der Waals surface area contributed by atoms with Crippen molar-refractivity contribution in [3.05, 3.63) is 34.0 Å². The molecule has 2 aromatic heterocycles. The summed E-state index contributed by atoms with van der Waals surface area (Å²) >= 11 is 0. The van der Waals surface area contributed by atoms with Gasteiger partial charge < -0.3 is 15.2 Å². The number of aromatic nitrogens is 3. The second-order valence-electron chi connectivity index (χ2n) is 4.39. The van der Waals surface area contributed by atoms with E-state index < -0.39 is 4.92 Å². The van der Waals surface area contributed by atoms with E-state index >= 15 is 0 Å². The molecule has 0 fully saturated rings. The molecule has 112 valence electrons. The van der Waals surface area contributed by atoms with Crippen LogP contribution in [0.15, 0.2) is 16.9 Å². The van der Waals surface area contributed by atoms with Gasteiger partial charge in [0, 0.05) is 12.6 Å². The number of hydrogen-bond acceptors (Lipinski definition) is 8. The third kappa shape index (κ3) is 3.65. The minimum Gasteiger partial charge on any atom is -0.364 e. The molecule has 0 aliphatic heterocycles. The number of aryl methyl sites for hydroxylation is 1. The molecule has 0 aliphatic carbocycles. The van der Waals surface area contributed by atoms with Crippen molar-refractivity contribution >= 4 is 17.3 Å². The summed E-state index contributed by atoms with van der Waals surface area (Å²) in [6, 6.07) is 1.75. The van der Waals surface area contributed by atoms with Gasteiger partial charge >= 0.3 is 5.69 Å². The number of nitrogens with zero attached hydrogens (tertiary/aromatic N) is 4. The molecule has 0 amide bonds. The van der Waals surface area contributed by atoms with E-state index in [0.717, 1.165) is 12.1 Å². The van der Waals surface area contributed by atoms with E-state index in [-0.39, 0.29) is 23.9 Å². The van der Waals surface area contributed by atoms with Gasteiger partial charge in [-0.3, -0.25) is 10.1 Å². The summed E-state index contributed by atoms with van der Waals surface area (Å²) in [4.78, 5) is 18.6. The number of anilines is 2. The molecule has 0 aromatic carbocycles. The SMILES string of the molecule is CCCNc1ncnc(NCc2cc(C)no2)c1[N+](=O)[O-]. The van der Waals surface area contributed by atoms with Crippen LogP contribution in [0.4, 0.5) is 17.3 Å². The van der Waals surface area contributed by atoms with Crippen LogP contribution in [0.5, 0.6) is 0 Å². The quantitative estimate of drug-likeness (QED) is 0.588. The summed E-state index contributed by atoms with van der Waals surface area (Å²) in [6.45, 7) is 4.61. The third-order valence-corrected chi connectivity index (χ3v) is 2.65. The van der Waals surface area contributed by atoms with Crippen molar-refractivity contribution in [2.24, 2.45) is 0 Å². The number of nitrogens with one attached hydrogen (secondary N) is 2. The fourth-order valence-electron chi connectivity index (χ4n) is 1.72. The molecule has 2 aromatic rings. The molecular formula is C12H16N6O3. The molecule has 2 N–H and O–H groups in total. The minimum atomic E-state index is -0.508. The zero-order valence-electron chi connectivity index (χ0n) is 11.8. The Morgan fingerprint density at radius 3 is 2.62 bits per heavy atom. The van der Waals surface area contributed by atoms with Crippen LogP contribution in [0, 0.1) is 17.0 Å². The molecule has 0 saturated carbocycles. The second kappa shape index (κ2) is 6.64. The summed E-state index contributed by atoms with van der Waals surface area (Å²) in [5.41, 5.74) is 0.566. The molecule has 0 saturated heterocycles. The second-order valence-corrected chi connectivity index (χ2v) is 4.39. The van der Waals surface area contributed by atoms with Crippen LogP contribution in [-0.4, -0.2) is 26.6 Å². The van der Waals surface area contributed by atoms with Crippen LogP contribution >= 0.6 is 0 Å². The monoisotopic (exact) mass is 292 g/mol. The molecular weight excluding hydrogens is 276 g/mol. The first kappa shape index (κ1) is 14.7. The molecule has 9 heteroatoms. The molecule has 0 bridgehead atoms. The highest BCUT2D eigenvalue weighted by Crippen LogP contribution is 2.29. The Hall–Kier alpha value is -2.71. The van der Waals surface area contributed by atoms with Crippen LogP contribution in [0.3, 0.4) is 0 Å². The van der Waals surface area contributed by atoms with Gasteiger partial charge in [0.1, 0.15) is 6.33 Å². The van der Waals surface area contributed by atoms with Crippen molar-refractivity contribution in [3.8, 4) is 0 Å². The van der Waals surface area contributed by atoms with Gasteiger partial charge in [-0.2, -0.15) is 0 Å². The number of nitro groups is 1. The van der Waals surface area contributed by atoms with Crippen LogP contribution in [0.2, 0.25) is 0 Å². The Morgan fingerprint density at radius 1 is 1.33 bits per heavy atom. The largest absolute Gasteiger partial charge is 0.364 e. The summed E-state index contributed by atoms with van der Waals surface area (Å²) in [5.74, 6) is 0.916. The topological polar surface area (TPSA) is 119 Å². The van der Waals surface area contributed by atoms with Crippen LogP contribution < -0.4 is 10.6 Å². The Bertz CT molecular complexity index is 627. The van der Waals surface area contributed by atoms with E-state index in [2.05, 4.69) is 25.8 Å². The molecule has 9 nitrogen and oxygen atoms in total. The standard InChI is InChI=1S/C12H16N6O3/c1-3-4-13-11-10(18(19)20)12(16-7-15-11)14-6-9-5-8(2)17-21-9/h5,7H,3-4,6H2,1-2H3,(H2,13,14,15,16). The first-order chi connectivity index (χ1) is 10.1. The van der Waals surface area contributed by atoms with E-state index in [0.29, 0.717) is 12.3 Å². The van der Waals surface area contributed by atoms with Crippen LogP contribution in [-0.2, 0) is 6.54 Å². The highest BCUT2D eigenvalue weighted by Gasteiger charge is 2.22. The lowest BCUT2D eigenvalue weighted by Crippen LogP contribution is -2.10. The summed E-state index contributed by atoms with van der Waals surface area (Å²) in [6.07, 6.45) is 2.11. The number of hydrogen-bond donors (Lipinski definition) is 2. The smallest absolute Gasteiger partial charge is 0.353 e. The summed E-state index contributed by atoms with van der Waals surface area (Å²) in [5, 5.41) is 20.8. The van der Waals surface area contributed by atoms with Crippen molar-refractivity contribution in [1.29, 1.82) is 0 Å². The third-order valence-electron chi connectivity index (χ3n) is 2.65. The van der Waals surface area contributed by atoms with Crippen LogP contribution in [0.1, 0.15) is 24.8 Å². The molecule has 0 aliphatic rings.